The third-order valence-electron chi connectivity index (χ3n) is 3.39. The average Bonchev–Trinajstić information content (AvgIpc) is 2.46. The minimum Gasteiger partial charge on any atom is -0.508 e. The number of aryl methyl sites for hydroxylation is 2. The molecule has 0 aliphatic rings. The molecule has 0 spiro atoms. The van der Waals surface area contributed by atoms with Crippen molar-refractivity contribution in [2.75, 3.05) is 11.9 Å². The number of rotatable bonds is 6. The van der Waals surface area contributed by atoms with Gasteiger partial charge in [-0.2, -0.15) is 0 Å². The monoisotopic (exact) mass is 348 g/mol. The van der Waals surface area contributed by atoms with Gasteiger partial charge in [0, 0.05) is 24.7 Å². The first kappa shape index (κ1) is 18.0. The highest BCUT2D eigenvalue weighted by Crippen LogP contribution is 2.17. The fourth-order valence-electron chi connectivity index (χ4n) is 2.28. The predicted octanol–water partition coefficient (Wildman–Crippen LogP) is 2.32. The second-order valence-corrected chi connectivity index (χ2v) is 7.25. The Labute approximate surface area is 141 Å². The summed E-state index contributed by atoms with van der Waals surface area (Å²) < 4.78 is 27.0. The van der Waals surface area contributed by atoms with Gasteiger partial charge in [-0.15, -0.1) is 0 Å². The molecule has 0 fully saturated rings. The fraction of sp³-hybridized carbons (Fsp3) is 0.235. The molecule has 0 aliphatic heterocycles. The molecule has 7 heteroatoms. The zero-order chi connectivity index (χ0) is 17.7. The van der Waals surface area contributed by atoms with Gasteiger partial charge in [0.2, 0.25) is 15.9 Å². The number of sulfonamides is 1. The van der Waals surface area contributed by atoms with Crippen LogP contribution in [0.1, 0.15) is 17.5 Å². The SMILES string of the molecule is Cc1ccc(S(=O)(=O)NCCC(=O)Nc2cccc(O)c2)c(C)c1. The molecule has 0 saturated heterocycles. The highest BCUT2D eigenvalue weighted by atomic mass is 32.2. The molecule has 0 aliphatic carbocycles. The average molecular weight is 348 g/mol. The highest BCUT2D eigenvalue weighted by Gasteiger charge is 2.16. The Morgan fingerprint density at radius 1 is 1.12 bits per heavy atom. The van der Waals surface area contributed by atoms with E-state index in [0.717, 1.165) is 5.56 Å². The quantitative estimate of drug-likeness (QED) is 0.746. The van der Waals surface area contributed by atoms with Crippen LogP contribution in [0.25, 0.3) is 0 Å². The summed E-state index contributed by atoms with van der Waals surface area (Å²) >= 11 is 0. The van der Waals surface area contributed by atoms with Crippen LogP contribution in [0.3, 0.4) is 0 Å². The summed E-state index contributed by atoms with van der Waals surface area (Å²) in [7, 11) is -3.65. The van der Waals surface area contributed by atoms with Crippen LogP contribution in [0.2, 0.25) is 0 Å². The first-order valence-corrected chi connectivity index (χ1v) is 8.92. The number of aromatic hydroxyl groups is 1. The van der Waals surface area contributed by atoms with E-state index < -0.39 is 10.0 Å². The van der Waals surface area contributed by atoms with Crippen molar-refractivity contribution in [2.24, 2.45) is 0 Å². The smallest absolute Gasteiger partial charge is 0.240 e. The van der Waals surface area contributed by atoms with E-state index in [0.29, 0.717) is 11.3 Å². The number of anilines is 1. The Hall–Kier alpha value is -2.38. The van der Waals surface area contributed by atoms with Gasteiger partial charge < -0.3 is 10.4 Å². The van der Waals surface area contributed by atoms with E-state index in [1.54, 1.807) is 37.3 Å². The van der Waals surface area contributed by atoms with Crippen molar-refractivity contribution in [3.8, 4) is 5.75 Å². The third-order valence-corrected chi connectivity index (χ3v) is 5.02. The van der Waals surface area contributed by atoms with E-state index in [2.05, 4.69) is 10.0 Å². The Morgan fingerprint density at radius 3 is 2.54 bits per heavy atom. The maximum atomic E-state index is 12.3. The van der Waals surface area contributed by atoms with Crippen LogP contribution in [0.15, 0.2) is 47.4 Å². The molecule has 0 radical (unpaired) electrons. The second-order valence-electron chi connectivity index (χ2n) is 5.52. The van der Waals surface area contributed by atoms with Gasteiger partial charge in [-0.3, -0.25) is 4.79 Å². The molecule has 2 aromatic carbocycles. The molecule has 24 heavy (non-hydrogen) atoms. The Balaban J connectivity index is 1.92. The molecule has 128 valence electrons. The summed E-state index contributed by atoms with van der Waals surface area (Å²) in [5.74, 6) is -0.299. The lowest BCUT2D eigenvalue weighted by atomic mass is 10.2. The Bertz CT molecular complexity index is 847. The van der Waals surface area contributed by atoms with Crippen LogP contribution in [0.4, 0.5) is 5.69 Å². The first-order chi connectivity index (χ1) is 11.3. The number of amides is 1. The molecule has 6 nitrogen and oxygen atoms in total. The molecule has 3 N–H and O–H groups in total. The summed E-state index contributed by atoms with van der Waals surface area (Å²) in [6.45, 7) is 3.61. The summed E-state index contributed by atoms with van der Waals surface area (Å²) in [5, 5.41) is 11.9. The van der Waals surface area contributed by atoms with E-state index >= 15 is 0 Å². The summed E-state index contributed by atoms with van der Waals surface area (Å²) in [6, 6.07) is 11.2. The van der Waals surface area contributed by atoms with Crippen molar-refractivity contribution in [3.05, 3.63) is 53.6 Å². The molecule has 2 rings (SSSR count). The van der Waals surface area contributed by atoms with Gasteiger partial charge in [-0.05, 0) is 37.6 Å². The first-order valence-electron chi connectivity index (χ1n) is 7.44. The zero-order valence-electron chi connectivity index (χ0n) is 13.5. The van der Waals surface area contributed by atoms with Gasteiger partial charge in [-0.25, -0.2) is 13.1 Å². The molecule has 0 bridgehead atoms. The topological polar surface area (TPSA) is 95.5 Å². The standard InChI is InChI=1S/C17H20N2O4S/c1-12-6-7-16(13(2)10-12)24(22,23)18-9-8-17(21)19-14-4-3-5-15(20)11-14/h3-7,10-11,18,20H,8-9H2,1-2H3,(H,19,21). The predicted molar refractivity (Wildman–Crippen MR) is 92.5 cm³/mol. The largest absolute Gasteiger partial charge is 0.508 e. The van der Waals surface area contributed by atoms with Crippen molar-refractivity contribution in [2.45, 2.75) is 25.2 Å². The number of phenolic OH excluding ortho intramolecular Hbond substituents is 1. The lowest BCUT2D eigenvalue weighted by Crippen LogP contribution is -2.28. The van der Waals surface area contributed by atoms with Gasteiger partial charge in [0.15, 0.2) is 0 Å². The van der Waals surface area contributed by atoms with E-state index in [4.69, 9.17) is 0 Å². The molecule has 1 amide bonds. The molecule has 0 saturated carbocycles. The van der Waals surface area contributed by atoms with E-state index in [9.17, 15) is 18.3 Å². The fourth-order valence-corrected chi connectivity index (χ4v) is 3.54. The van der Waals surface area contributed by atoms with Crippen LogP contribution < -0.4 is 10.0 Å². The maximum absolute atomic E-state index is 12.3. The summed E-state index contributed by atoms with van der Waals surface area (Å²) in [5.41, 5.74) is 2.10. The Kier molecular flexibility index (Phi) is 5.58. The number of hydrogen-bond acceptors (Lipinski definition) is 4. The number of carbonyl (C=O) groups is 1. The number of carbonyl (C=O) groups excluding carboxylic acids is 1. The van der Waals surface area contributed by atoms with E-state index in [1.165, 1.54) is 12.1 Å². The van der Waals surface area contributed by atoms with Crippen LogP contribution >= 0.6 is 0 Å². The Morgan fingerprint density at radius 2 is 1.88 bits per heavy atom. The number of phenols is 1. The molecule has 0 atom stereocenters. The molecular formula is C17H20N2O4S. The van der Waals surface area contributed by atoms with Crippen molar-refractivity contribution >= 4 is 21.6 Å². The molecular weight excluding hydrogens is 328 g/mol. The van der Waals surface area contributed by atoms with Gasteiger partial charge >= 0.3 is 0 Å². The minimum atomic E-state index is -3.65. The van der Waals surface area contributed by atoms with Crippen molar-refractivity contribution in [3.63, 3.8) is 0 Å². The highest BCUT2D eigenvalue weighted by molar-refractivity contribution is 7.89. The molecule has 0 unspecified atom stereocenters. The van der Waals surface area contributed by atoms with Crippen molar-refractivity contribution < 1.29 is 18.3 Å². The summed E-state index contributed by atoms with van der Waals surface area (Å²) in [4.78, 5) is 12.0. The van der Waals surface area contributed by atoms with Crippen LogP contribution in [0.5, 0.6) is 5.75 Å². The maximum Gasteiger partial charge on any atom is 0.240 e. The third kappa shape index (κ3) is 4.81. The van der Waals surface area contributed by atoms with Crippen LogP contribution in [0, 0.1) is 13.8 Å². The number of hydrogen-bond donors (Lipinski definition) is 3. The molecule has 0 aromatic heterocycles. The van der Waals surface area contributed by atoms with Gasteiger partial charge in [0.1, 0.15) is 5.75 Å². The lowest BCUT2D eigenvalue weighted by molar-refractivity contribution is -0.116. The van der Waals surface area contributed by atoms with Crippen LogP contribution in [-0.4, -0.2) is 26.0 Å². The second kappa shape index (κ2) is 7.46. The number of nitrogens with one attached hydrogen (secondary N) is 2. The molecule has 0 heterocycles. The lowest BCUT2D eigenvalue weighted by Gasteiger charge is -2.10. The zero-order valence-corrected chi connectivity index (χ0v) is 14.4. The van der Waals surface area contributed by atoms with Crippen molar-refractivity contribution in [1.29, 1.82) is 0 Å². The normalized spacial score (nSPS) is 11.2. The van der Waals surface area contributed by atoms with Gasteiger partial charge in [0.05, 0.1) is 4.90 Å². The van der Waals surface area contributed by atoms with E-state index in [-0.39, 0.29) is 29.5 Å². The number of benzene rings is 2. The van der Waals surface area contributed by atoms with Gasteiger partial charge in [-0.1, -0.05) is 23.8 Å². The molecule has 2 aromatic rings. The van der Waals surface area contributed by atoms with E-state index in [1.807, 2.05) is 6.92 Å². The minimum absolute atomic E-state index is 0.0136. The summed E-state index contributed by atoms with van der Waals surface area (Å²) in [6.07, 6.45) is -0.0141. The van der Waals surface area contributed by atoms with Gasteiger partial charge in [0.25, 0.3) is 0 Å². The van der Waals surface area contributed by atoms with Crippen LogP contribution in [-0.2, 0) is 14.8 Å². The van der Waals surface area contributed by atoms with Crippen molar-refractivity contribution in [1.82, 2.24) is 4.72 Å².